The van der Waals surface area contributed by atoms with Crippen molar-refractivity contribution in [3.05, 3.63) is 69.5 Å². The van der Waals surface area contributed by atoms with E-state index in [2.05, 4.69) is 0 Å². The van der Waals surface area contributed by atoms with Gasteiger partial charge in [0.1, 0.15) is 11.2 Å². The van der Waals surface area contributed by atoms with Crippen LogP contribution < -0.4 is 4.90 Å². The minimum Gasteiger partial charge on any atom is -0.294 e. The fourth-order valence-electron chi connectivity index (χ4n) is 2.62. The maximum absolute atomic E-state index is 13.6. The average Bonchev–Trinajstić information content (AvgIpc) is 2.91. The first kappa shape index (κ1) is 15.5. The molecule has 1 aliphatic heterocycles. The first-order valence-corrected chi connectivity index (χ1v) is 7.97. The van der Waals surface area contributed by atoms with Crippen LogP contribution in [0.25, 0.3) is 0 Å². The minimum atomic E-state index is -0.537. The van der Waals surface area contributed by atoms with Crippen LogP contribution in [0.2, 0.25) is 0 Å². The Hall–Kier alpha value is -2.41. The largest absolute Gasteiger partial charge is 0.294 e. The van der Waals surface area contributed by atoms with Crippen molar-refractivity contribution in [3.8, 4) is 0 Å². The van der Waals surface area contributed by atoms with Crippen LogP contribution in [0.3, 0.4) is 0 Å². The van der Waals surface area contributed by atoms with Crippen molar-refractivity contribution in [1.29, 1.82) is 0 Å². The molecular weight excluding hydrogens is 319 g/mol. The second-order valence-corrected chi connectivity index (χ2v) is 6.24. The summed E-state index contributed by atoms with van der Waals surface area (Å²) in [7, 11) is 0. The van der Waals surface area contributed by atoms with E-state index in [9.17, 15) is 19.3 Å². The van der Waals surface area contributed by atoms with E-state index in [-0.39, 0.29) is 17.3 Å². The topological polar surface area (TPSA) is 63.5 Å². The van der Waals surface area contributed by atoms with Gasteiger partial charge in [-0.15, -0.1) is 11.8 Å². The van der Waals surface area contributed by atoms with E-state index < -0.39 is 16.1 Å². The SMILES string of the molecule is Cc1ccc(F)cc1N1C(=O)CS[C@H]1c1ccccc1[N+](=O)[O-]. The lowest BCUT2D eigenvalue weighted by Crippen LogP contribution is -2.29. The highest BCUT2D eigenvalue weighted by Gasteiger charge is 2.38. The van der Waals surface area contributed by atoms with Crippen LogP contribution in [0.1, 0.15) is 16.5 Å². The molecule has 0 unspecified atom stereocenters. The molecule has 7 heteroatoms. The molecule has 0 bridgehead atoms. The van der Waals surface area contributed by atoms with Gasteiger partial charge >= 0.3 is 0 Å². The molecule has 1 fully saturated rings. The number of carbonyl (C=O) groups excluding carboxylic acids is 1. The molecule has 5 nitrogen and oxygen atoms in total. The van der Waals surface area contributed by atoms with Crippen LogP contribution in [-0.4, -0.2) is 16.6 Å². The van der Waals surface area contributed by atoms with E-state index in [1.807, 2.05) is 0 Å². The van der Waals surface area contributed by atoms with Crippen molar-refractivity contribution in [1.82, 2.24) is 0 Å². The number of nitro benzene ring substituents is 1. The number of hydrogen-bond donors (Lipinski definition) is 0. The van der Waals surface area contributed by atoms with Gasteiger partial charge in [-0.2, -0.15) is 0 Å². The van der Waals surface area contributed by atoms with Crippen LogP contribution in [0.15, 0.2) is 42.5 Å². The summed E-state index contributed by atoms with van der Waals surface area (Å²) in [6, 6.07) is 10.5. The molecule has 0 aromatic heterocycles. The molecule has 0 radical (unpaired) electrons. The number of rotatable bonds is 3. The van der Waals surface area contributed by atoms with Crippen LogP contribution in [0.5, 0.6) is 0 Å². The summed E-state index contributed by atoms with van der Waals surface area (Å²) in [5, 5.41) is 10.7. The van der Waals surface area contributed by atoms with E-state index >= 15 is 0 Å². The third-order valence-corrected chi connectivity index (χ3v) is 4.89. The van der Waals surface area contributed by atoms with Gasteiger partial charge < -0.3 is 0 Å². The summed E-state index contributed by atoms with van der Waals surface area (Å²) in [5.74, 6) is -0.435. The number of aryl methyl sites for hydroxylation is 1. The number of halogens is 1. The molecule has 0 spiro atoms. The van der Waals surface area contributed by atoms with Crippen LogP contribution in [-0.2, 0) is 4.79 Å². The number of amides is 1. The van der Waals surface area contributed by atoms with Crippen molar-refractivity contribution in [2.45, 2.75) is 12.3 Å². The third-order valence-electron chi connectivity index (χ3n) is 3.70. The van der Waals surface area contributed by atoms with Crippen molar-refractivity contribution < 1.29 is 14.1 Å². The minimum absolute atomic E-state index is 0.0428. The maximum Gasteiger partial charge on any atom is 0.275 e. The number of benzene rings is 2. The Morgan fingerprint density at radius 3 is 2.78 bits per heavy atom. The molecule has 1 aliphatic rings. The zero-order valence-corrected chi connectivity index (χ0v) is 13.0. The zero-order valence-electron chi connectivity index (χ0n) is 12.2. The molecule has 1 heterocycles. The average molecular weight is 332 g/mol. The predicted molar refractivity (Wildman–Crippen MR) is 86.9 cm³/mol. The van der Waals surface area contributed by atoms with Gasteiger partial charge in [0.25, 0.3) is 5.69 Å². The second-order valence-electron chi connectivity index (χ2n) is 5.17. The Morgan fingerprint density at radius 2 is 2.04 bits per heavy atom. The molecule has 0 aliphatic carbocycles. The van der Waals surface area contributed by atoms with E-state index in [1.165, 1.54) is 34.9 Å². The first-order chi connectivity index (χ1) is 11.0. The Bertz CT molecular complexity index is 797. The van der Waals surface area contributed by atoms with Gasteiger partial charge in [0, 0.05) is 6.07 Å². The third kappa shape index (κ3) is 2.79. The number of carbonyl (C=O) groups is 1. The quantitative estimate of drug-likeness (QED) is 0.633. The fraction of sp³-hybridized carbons (Fsp3) is 0.188. The fourth-order valence-corrected chi connectivity index (χ4v) is 3.82. The van der Waals surface area contributed by atoms with Gasteiger partial charge in [-0.1, -0.05) is 18.2 Å². The Balaban J connectivity index is 2.11. The van der Waals surface area contributed by atoms with E-state index in [0.717, 1.165) is 5.56 Å². The highest BCUT2D eigenvalue weighted by atomic mass is 32.2. The summed E-state index contributed by atoms with van der Waals surface area (Å²) in [5.41, 5.74) is 1.59. The summed E-state index contributed by atoms with van der Waals surface area (Å²) >= 11 is 1.30. The molecule has 1 atom stereocenters. The molecule has 118 valence electrons. The van der Waals surface area contributed by atoms with Crippen molar-refractivity contribution >= 4 is 29.0 Å². The monoisotopic (exact) mass is 332 g/mol. The number of hydrogen-bond acceptors (Lipinski definition) is 4. The number of para-hydroxylation sites is 1. The van der Waals surface area contributed by atoms with E-state index in [4.69, 9.17) is 0 Å². The molecular formula is C16H13FN2O3S. The van der Waals surface area contributed by atoms with Gasteiger partial charge in [-0.25, -0.2) is 4.39 Å². The Labute approximate surface area is 136 Å². The molecule has 0 saturated carbocycles. The van der Waals surface area contributed by atoms with Gasteiger partial charge in [-0.3, -0.25) is 19.8 Å². The molecule has 1 amide bonds. The maximum atomic E-state index is 13.6. The number of nitro groups is 1. The normalized spacial score (nSPS) is 17.6. The van der Waals surface area contributed by atoms with Crippen LogP contribution in [0, 0.1) is 22.9 Å². The Morgan fingerprint density at radius 1 is 1.30 bits per heavy atom. The summed E-state index contributed by atoms with van der Waals surface area (Å²) in [6.45, 7) is 1.78. The number of thioether (sulfide) groups is 1. The van der Waals surface area contributed by atoms with Gasteiger partial charge in [0.15, 0.2) is 0 Å². The summed E-state index contributed by atoms with van der Waals surface area (Å²) in [6.07, 6.45) is 0. The molecule has 1 saturated heterocycles. The molecule has 0 N–H and O–H groups in total. The lowest BCUT2D eigenvalue weighted by molar-refractivity contribution is -0.385. The van der Waals surface area contributed by atoms with Crippen LogP contribution in [0.4, 0.5) is 15.8 Å². The molecule has 2 aromatic rings. The predicted octanol–water partition coefficient (Wildman–Crippen LogP) is 3.82. The van der Waals surface area contributed by atoms with Crippen LogP contribution >= 0.6 is 11.8 Å². The lowest BCUT2D eigenvalue weighted by Gasteiger charge is -2.25. The Kier molecular flexibility index (Phi) is 4.04. The molecule has 2 aromatic carbocycles. The number of nitrogens with zero attached hydrogens (tertiary/aromatic N) is 2. The highest BCUT2D eigenvalue weighted by Crippen LogP contribution is 2.45. The molecule has 23 heavy (non-hydrogen) atoms. The van der Waals surface area contributed by atoms with Gasteiger partial charge in [-0.05, 0) is 30.7 Å². The lowest BCUT2D eigenvalue weighted by atomic mass is 10.1. The molecule has 3 rings (SSSR count). The van der Waals surface area contributed by atoms with Gasteiger partial charge in [0.05, 0.1) is 21.9 Å². The highest BCUT2D eigenvalue weighted by molar-refractivity contribution is 8.00. The van der Waals surface area contributed by atoms with E-state index in [1.54, 1.807) is 31.2 Å². The zero-order chi connectivity index (χ0) is 16.6. The second kappa shape index (κ2) is 6.00. The van der Waals surface area contributed by atoms with Crippen molar-refractivity contribution in [2.75, 3.05) is 10.7 Å². The standard InChI is InChI=1S/C16H13FN2O3S/c1-10-6-7-11(17)8-14(10)18-15(20)9-23-16(18)12-4-2-3-5-13(12)19(21)22/h2-8,16H,9H2,1H3/t16-/m0/s1. The summed E-state index contributed by atoms with van der Waals surface area (Å²) < 4.78 is 13.6. The smallest absolute Gasteiger partial charge is 0.275 e. The van der Waals surface area contributed by atoms with Gasteiger partial charge in [0.2, 0.25) is 5.91 Å². The van der Waals surface area contributed by atoms with Crippen molar-refractivity contribution in [3.63, 3.8) is 0 Å². The first-order valence-electron chi connectivity index (χ1n) is 6.92. The number of anilines is 1. The summed E-state index contributed by atoms with van der Waals surface area (Å²) in [4.78, 5) is 24.6. The van der Waals surface area contributed by atoms with Crippen molar-refractivity contribution in [2.24, 2.45) is 0 Å². The van der Waals surface area contributed by atoms with E-state index in [0.29, 0.717) is 11.3 Å².